The summed E-state index contributed by atoms with van der Waals surface area (Å²) in [5, 5.41) is 13.8. The zero-order valence-electron chi connectivity index (χ0n) is 21.8. The van der Waals surface area contributed by atoms with Crippen LogP contribution in [0.25, 0.3) is 5.69 Å². The van der Waals surface area contributed by atoms with E-state index in [9.17, 15) is 9.90 Å². The number of hydrogen-bond donors (Lipinski definition) is 1. The summed E-state index contributed by atoms with van der Waals surface area (Å²) in [6, 6.07) is 18.3. The second-order valence-corrected chi connectivity index (χ2v) is 17.4. The Bertz CT molecular complexity index is 971. The van der Waals surface area contributed by atoms with E-state index in [1.54, 1.807) is 32.4 Å². The molecule has 0 spiro atoms. The van der Waals surface area contributed by atoms with Crippen LogP contribution in [0.3, 0.4) is 0 Å². The third-order valence-corrected chi connectivity index (χ3v) is 14.9. The molecular weight excluding hydrogens is 543 g/mol. The molecule has 1 N–H and O–H groups in total. The van der Waals surface area contributed by atoms with E-state index in [1.807, 2.05) is 48.5 Å². The van der Waals surface area contributed by atoms with Crippen LogP contribution >= 0.6 is 0 Å². The van der Waals surface area contributed by atoms with Crippen LogP contribution in [0.1, 0.15) is 75.3 Å². The number of ether oxygens (including phenoxy) is 1. The smallest absolute Gasteiger partial charge is 0.343 e. The molecule has 1 radical (unpaired) electrons. The number of aryl methyl sites for hydroxylation is 1. The Labute approximate surface area is 218 Å². The Morgan fingerprint density at radius 1 is 0.857 bits per heavy atom. The molecule has 0 aliphatic rings. The molecule has 0 atom stereocenters. The number of aromatic nitrogens is 2. The molecule has 1 aromatic heterocycles. The Hall–Kier alpha value is -2.28. The molecule has 35 heavy (non-hydrogen) atoms. The van der Waals surface area contributed by atoms with E-state index < -0.39 is 25.7 Å². The summed E-state index contributed by atoms with van der Waals surface area (Å²) in [4.78, 5) is 11.5. The zero-order chi connectivity index (χ0) is 25.5. The molecule has 3 aromatic rings. The summed E-state index contributed by atoms with van der Waals surface area (Å²) in [7, 11) is 0. The molecule has 0 amide bonds. The molecular formula is C29H41N2O3Sn. The number of unbranched alkanes of at least 4 members (excludes halogenated alkanes) is 3. The van der Waals surface area contributed by atoms with Gasteiger partial charge in [0.05, 0.1) is 11.4 Å². The van der Waals surface area contributed by atoms with Gasteiger partial charge < -0.3 is 9.84 Å². The number of carbonyl (C=O) groups is 1. The predicted octanol–water partition coefficient (Wildman–Crippen LogP) is 8.55. The number of benzene rings is 2. The molecule has 0 saturated heterocycles. The van der Waals surface area contributed by atoms with Gasteiger partial charge in [-0.1, -0.05) is 36.4 Å². The number of rotatable bonds is 13. The number of carboxylic acid groups (broad SMARTS) is 1. The van der Waals surface area contributed by atoms with Crippen LogP contribution in [0.5, 0.6) is 11.6 Å². The van der Waals surface area contributed by atoms with E-state index in [1.165, 1.54) is 43.2 Å². The molecule has 0 unspecified atom stereocenters. The Morgan fingerprint density at radius 3 is 1.80 bits per heavy atom. The van der Waals surface area contributed by atoms with Gasteiger partial charge in [0.15, 0.2) is 0 Å². The van der Waals surface area contributed by atoms with E-state index in [0.717, 1.165) is 5.69 Å². The van der Waals surface area contributed by atoms with Crippen molar-refractivity contribution in [2.45, 2.75) is 79.5 Å². The molecule has 3 rings (SSSR count). The summed E-state index contributed by atoms with van der Waals surface area (Å²) in [5.74, 6) is -0.310. The summed E-state index contributed by atoms with van der Waals surface area (Å²) < 4.78 is 12.3. The standard InChI is InChI=1S/C17H14N2O3.3C4H9.Sn/c1-12-15(17(20)21)16(22-14-10-6-3-7-11-14)19(18-12)13-8-4-2-5-9-13;3*1-3-4-2;/h2-11H,1H3,(H,20,21);3*1,3-4H2,2H3;. The first-order chi connectivity index (χ1) is 17.0. The fourth-order valence-corrected chi connectivity index (χ4v) is 13.3. The SMILES string of the molecule is CCC[CH2][Sn]([CH2]CCC)[CH2]CCC.Cc1nn(-c2ccccc2)c(Oc2ccccc2)c1C(=O)O. The Balaban J connectivity index is 0.000000287. The largest absolute Gasteiger partial charge is 0.477 e. The third kappa shape index (κ3) is 9.71. The number of aromatic carboxylic acids is 1. The molecule has 2 aromatic carbocycles. The van der Waals surface area contributed by atoms with Crippen LogP contribution in [0.2, 0.25) is 13.3 Å². The number of carboxylic acids is 1. The summed E-state index contributed by atoms with van der Waals surface area (Å²) in [5.41, 5.74) is 1.21. The average molecular weight is 584 g/mol. The van der Waals surface area contributed by atoms with Crippen LogP contribution in [0.4, 0.5) is 0 Å². The number of hydrogen-bond acceptors (Lipinski definition) is 3. The Kier molecular flexibility index (Phi) is 13.6. The van der Waals surface area contributed by atoms with Crippen molar-refractivity contribution in [2.75, 3.05) is 0 Å². The molecule has 189 valence electrons. The maximum Gasteiger partial charge on any atom is 0.343 e. The minimum Gasteiger partial charge on any atom is -0.477 e. The van der Waals surface area contributed by atoms with Gasteiger partial charge in [-0.2, -0.15) is 9.78 Å². The monoisotopic (exact) mass is 585 g/mol. The number of para-hydroxylation sites is 2. The van der Waals surface area contributed by atoms with Crippen LogP contribution in [0, 0.1) is 6.92 Å². The van der Waals surface area contributed by atoms with Crippen LogP contribution in [-0.4, -0.2) is 40.6 Å². The van der Waals surface area contributed by atoms with Gasteiger partial charge in [-0.05, 0) is 31.2 Å². The first-order valence-electron chi connectivity index (χ1n) is 13.0. The second kappa shape index (κ2) is 16.4. The van der Waals surface area contributed by atoms with Gasteiger partial charge in [0.2, 0.25) is 5.88 Å². The van der Waals surface area contributed by atoms with Crippen molar-refractivity contribution in [3.8, 4) is 17.3 Å². The van der Waals surface area contributed by atoms with Gasteiger partial charge in [-0.25, -0.2) is 4.79 Å². The zero-order valence-corrected chi connectivity index (χ0v) is 24.6. The predicted molar refractivity (Wildman–Crippen MR) is 147 cm³/mol. The minimum absolute atomic E-state index is 0.0627. The van der Waals surface area contributed by atoms with Gasteiger partial charge in [-0.3, -0.25) is 0 Å². The van der Waals surface area contributed by atoms with Crippen molar-refractivity contribution in [1.82, 2.24) is 9.78 Å². The van der Waals surface area contributed by atoms with E-state index in [-0.39, 0.29) is 11.4 Å². The van der Waals surface area contributed by atoms with Gasteiger partial charge in [0.25, 0.3) is 0 Å². The third-order valence-electron chi connectivity index (χ3n) is 5.84. The summed E-state index contributed by atoms with van der Waals surface area (Å²) in [6.45, 7) is 8.65. The maximum absolute atomic E-state index is 11.5. The normalized spacial score (nSPS) is 10.7. The van der Waals surface area contributed by atoms with E-state index >= 15 is 0 Å². The first kappa shape index (κ1) is 29.0. The van der Waals surface area contributed by atoms with Crippen LogP contribution in [0.15, 0.2) is 60.7 Å². The van der Waals surface area contributed by atoms with E-state index in [2.05, 4.69) is 25.9 Å². The van der Waals surface area contributed by atoms with Crippen molar-refractivity contribution < 1.29 is 14.6 Å². The molecule has 0 saturated carbocycles. The molecule has 0 aliphatic carbocycles. The maximum atomic E-state index is 11.5. The molecule has 0 aliphatic heterocycles. The fraction of sp³-hybridized carbons (Fsp3) is 0.448. The summed E-state index contributed by atoms with van der Waals surface area (Å²) >= 11 is -0.839. The van der Waals surface area contributed by atoms with Crippen molar-refractivity contribution >= 4 is 25.7 Å². The molecule has 1 heterocycles. The van der Waals surface area contributed by atoms with E-state index in [4.69, 9.17) is 4.74 Å². The molecule has 0 fully saturated rings. The Morgan fingerprint density at radius 2 is 1.34 bits per heavy atom. The molecule has 0 bridgehead atoms. The van der Waals surface area contributed by atoms with Gasteiger partial charge in [-0.15, -0.1) is 0 Å². The summed E-state index contributed by atoms with van der Waals surface area (Å²) in [6.07, 6.45) is 8.85. The fourth-order valence-electron chi connectivity index (χ4n) is 3.85. The molecule has 6 heteroatoms. The topological polar surface area (TPSA) is 64.4 Å². The molecule has 5 nitrogen and oxygen atoms in total. The van der Waals surface area contributed by atoms with Crippen molar-refractivity contribution in [1.29, 1.82) is 0 Å². The van der Waals surface area contributed by atoms with Gasteiger partial charge in [0, 0.05) is 0 Å². The van der Waals surface area contributed by atoms with Crippen molar-refractivity contribution in [2.24, 2.45) is 0 Å². The van der Waals surface area contributed by atoms with Gasteiger partial charge in [0.1, 0.15) is 11.3 Å². The second-order valence-electron chi connectivity index (χ2n) is 8.79. The average Bonchev–Trinajstić information content (AvgIpc) is 3.21. The first-order valence-corrected chi connectivity index (χ1v) is 19.0. The van der Waals surface area contributed by atoms with Crippen molar-refractivity contribution in [3.63, 3.8) is 0 Å². The number of nitrogens with zero attached hydrogens (tertiary/aromatic N) is 2. The van der Waals surface area contributed by atoms with Gasteiger partial charge >= 0.3 is 98.3 Å². The van der Waals surface area contributed by atoms with Crippen molar-refractivity contribution in [3.05, 3.63) is 71.9 Å². The van der Waals surface area contributed by atoms with E-state index in [0.29, 0.717) is 11.4 Å². The van der Waals surface area contributed by atoms with Crippen LogP contribution in [-0.2, 0) is 0 Å². The quantitative estimate of drug-likeness (QED) is 0.205. The van der Waals surface area contributed by atoms with Crippen LogP contribution < -0.4 is 4.74 Å². The minimum atomic E-state index is -1.06.